The fourth-order valence-corrected chi connectivity index (χ4v) is 4.98. The molecule has 6 nitrogen and oxygen atoms in total. The van der Waals surface area contributed by atoms with Gasteiger partial charge >= 0.3 is 11.9 Å². The summed E-state index contributed by atoms with van der Waals surface area (Å²) in [6.45, 7) is 7.27. The first-order chi connectivity index (χ1) is 9.46. The number of rotatable bonds is 10. The third-order valence-corrected chi connectivity index (χ3v) is 5.78. The monoisotopic (exact) mass is 322 g/mol. The lowest BCUT2D eigenvalue weighted by molar-refractivity contribution is -0.137. The largest absolute Gasteiger partial charge is 0.481 e. The standard InChI is InChI=1S/C14H26O6S/c1-9(2)5-11(7-13(15)16)21(19,20)12(6-10(3)4)8-14(17)18/h9-12H,5-8H2,1-4H3,(H,15,16)(H,17,18). The van der Waals surface area contributed by atoms with Gasteiger partial charge in [0, 0.05) is 0 Å². The molecule has 0 spiro atoms. The fraction of sp³-hybridized carbons (Fsp3) is 0.857. The number of carbonyl (C=O) groups is 2. The summed E-state index contributed by atoms with van der Waals surface area (Å²) in [6, 6.07) is 0. The lowest BCUT2D eigenvalue weighted by Crippen LogP contribution is -2.37. The minimum Gasteiger partial charge on any atom is -0.481 e. The Balaban J connectivity index is 5.43. The molecule has 0 bridgehead atoms. The number of hydrogen-bond donors (Lipinski definition) is 2. The highest BCUT2D eigenvalue weighted by Crippen LogP contribution is 2.26. The predicted molar refractivity (Wildman–Crippen MR) is 79.9 cm³/mol. The molecule has 124 valence electrons. The highest BCUT2D eigenvalue weighted by atomic mass is 32.2. The molecule has 0 saturated carbocycles. The van der Waals surface area contributed by atoms with Crippen LogP contribution in [-0.2, 0) is 19.4 Å². The van der Waals surface area contributed by atoms with Gasteiger partial charge in [-0.05, 0) is 24.7 Å². The van der Waals surface area contributed by atoms with Gasteiger partial charge in [0.1, 0.15) is 0 Å². The molecule has 0 heterocycles. The normalized spacial score (nSPS) is 15.1. The van der Waals surface area contributed by atoms with Gasteiger partial charge in [-0.25, -0.2) is 8.42 Å². The van der Waals surface area contributed by atoms with Crippen LogP contribution in [0.15, 0.2) is 0 Å². The van der Waals surface area contributed by atoms with Crippen molar-refractivity contribution in [1.29, 1.82) is 0 Å². The van der Waals surface area contributed by atoms with Gasteiger partial charge < -0.3 is 10.2 Å². The van der Waals surface area contributed by atoms with Gasteiger partial charge in [-0.15, -0.1) is 0 Å². The highest BCUT2D eigenvalue weighted by Gasteiger charge is 2.37. The topological polar surface area (TPSA) is 109 Å². The van der Waals surface area contributed by atoms with Crippen LogP contribution in [0.2, 0.25) is 0 Å². The average molecular weight is 322 g/mol. The van der Waals surface area contributed by atoms with Crippen molar-refractivity contribution in [2.75, 3.05) is 0 Å². The van der Waals surface area contributed by atoms with Gasteiger partial charge in [-0.1, -0.05) is 27.7 Å². The second-order valence-electron chi connectivity index (χ2n) is 6.29. The third-order valence-electron chi connectivity index (χ3n) is 3.20. The van der Waals surface area contributed by atoms with Crippen molar-refractivity contribution >= 4 is 21.8 Å². The minimum atomic E-state index is -3.81. The van der Waals surface area contributed by atoms with Crippen LogP contribution in [0.1, 0.15) is 53.4 Å². The zero-order chi connectivity index (χ0) is 16.8. The maximum Gasteiger partial charge on any atom is 0.304 e. The molecule has 2 unspecified atom stereocenters. The van der Waals surface area contributed by atoms with E-state index in [2.05, 4.69) is 0 Å². The molecule has 2 atom stereocenters. The van der Waals surface area contributed by atoms with E-state index in [1.807, 2.05) is 27.7 Å². The Morgan fingerprint density at radius 2 is 1.10 bits per heavy atom. The van der Waals surface area contributed by atoms with Gasteiger partial charge in [-0.3, -0.25) is 9.59 Å². The molecule has 2 N–H and O–H groups in total. The Bertz CT molecular complexity index is 416. The zero-order valence-electron chi connectivity index (χ0n) is 13.1. The third kappa shape index (κ3) is 7.45. The molecule has 0 aliphatic carbocycles. The summed E-state index contributed by atoms with van der Waals surface area (Å²) in [7, 11) is -3.81. The Kier molecular flexibility index (Phi) is 7.92. The zero-order valence-corrected chi connectivity index (χ0v) is 13.9. The summed E-state index contributed by atoms with van der Waals surface area (Å²) < 4.78 is 25.3. The van der Waals surface area contributed by atoms with Gasteiger partial charge in [0.15, 0.2) is 9.84 Å². The van der Waals surface area contributed by atoms with E-state index in [0.29, 0.717) is 0 Å². The Morgan fingerprint density at radius 3 is 1.29 bits per heavy atom. The fourth-order valence-electron chi connectivity index (χ4n) is 2.38. The maximum atomic E-state index is 12.6. The molecule has 0 aromatic carbocycles. The van der Waals surface area contributed by atoms with E-state index >= 15 is 0 Å². The number of carboxylic acids is 2. The van der Waals surface area contributed by atoms with Gasteiger partial charge in [0.2, 0.25) is 0 Å². The molecular weight excluding hydrogens is 296 g/mol. The van der Waals surface area contributed by atoms with Crippen LogP contribution >= 0.6 is 0 Å². The number of sulfone groups is 1. The first-order valence-electron chi connectivity index (χ1n) is 7.13. The van der Waals surface area contributed by atoms with E-state index in [4.69, 9.17) is 10.2 Å². The van der Waals surface area contributed by atoms with Crippen LogP contribution in [-0.4, -0.2) is 41.1 Å². The van der Waals surface area contributed by atoms with E-state index in [1.165, 1.54) is 0 Å². The lowest BCUT2D eigenvalue weighted by Gasteiger charge is -2.25. The summed E-state index contributed by atoms with van der Waals surface area (Å²) in [6.07, 6.45) is -0.505. The van der Waals surface area contributed by atoms with Gasteiger partial charge in [0.25, 0.3) is 0 Å². The van der Waals surface area contributed by atoms with Crippen LogP contribution < -0.4 is 0 Å². The summed E-state index contributed by atoms with van der Waals surface area (Å²) in [4.78, 5) is 21.8. The molecule has 0 rings (SSSR count). The van der Waals surface area contributed by atoms with Crippen LogP contribution in [0.3, 0.4) is 0 Å². The maximum absolute atomic E-state index is 12.6. The van der Waals surface area contributed by atoms with E-state index in [1.54, 1.807) is 0 Å². The van der Waals surface area contributed by atoms with Crippen molar-refractivity contribution in [1.82, 2.24) is 0 Å². The summed E-state index contributed by atoms with van der Waals surface area (Å²) in [5.41, 5.74) is 0. The van der Waals surface area contributed by atoms with Crippen molar-refractivity contribution in [3.8, 4) is 0 Å². The molecule has 0 saturated heterocycles. The van der Waals surface area contributed by atoms with Crippen molar-refractivity contribution in [3.63, 3.8) is 0 Å². The Morgan fingerprint density at radius 1 is 0.810 bits per heavy atom. The van der Waals surface area contributed by atoms with E-state index < -0.39 is 45.1 Å². The van der Waals surface area contributed by atoms with Gasteiger partial charge in [-0.2, -0.15) is 0 Å². The van der Waals surface area contributed by atoms with Crippen LogP contribution in [0, 0.1) is 11.8 Å². The minimum absolute atomic E-state index is 0.0219. The second kappa shape index (κ2) is 8.36. The van der Waals surface area contributed by atoms with E-state index in [0.717, 1.165) is 0 Å². The number of hydrogen-bond acceptors (Lipinski definition) is 4. The van der Waals surface area contributed by atoms with Crippen LogP contribution in [0.25, 0.3) is 0 Å². The molecule has 0 aliphatic heterocycles. The van der Waals surface area contributed by atoms with Gasteiger partial charge in [0.05, 0.1) is 23.3 Å². The molecule has 0 aromatic rings. The second-order valence-corrected chi connectivity index (χ2v) is 8.80. The first-order valence-corrected chi connectivity index (χ1v) is 8.74. The van der Waals surface area contributed by atoms with Crippen LogP contribution in [0.5, 0.6) is 0 Å². The first kappa shape index (κ1) is 19.9. The molecule has 0 amide bonds. The molecule has 7 heteroatoms. The smallest absolute Gasteiger partial charge is 0.304 e. The molecule has 0 radical (unpaired) electrons. The average Bonchev–Trinajstić information content (AvgIpc) is 2.24. The van der Waals surface area contributed by atoms with E-state index in [-0.39, 0.29) is 24.7 Å². The highest BCUT2D eigenvalue weighted by molar-refractivity contribution is 7.92. The van der Waals surface area contributed by atoms with Crippen molar-refractivity contribution in [2.45, 2.75) is 63.9 Å². The Hall–Kier alpha value is -1.11. The van der Waals surface area contributed by atoms with Crippen molar-refractivity contribution in [3.05, 3.63) is 0 Å². The van der Waals surface area contributed by atoms with E-state index in [9.17, 15) is 18.0 Å². The predicted octanol–water partition coefficient (Wildman–Crippen LogP) is 2.18. The van der Waals surface area contributed by atoms with Crippen molar-refractivity contribution in [2.24, 2.45) is 11.8 Å². The van der Waals surface area contributed by atoms with Crippen LogP contribution in [0.4, 0.5) is 0 Å². The Labute approximate surface area is 126 Å². The molecule has 0 fully saturated rings. The SMILES string of the molecule is CC(C)CC(CC(=O)O)S(=O)(=O)C(CC(=O)O)CC(C)C. The molecule has 21 heavy (non-hydrogen) atoms. The molecule has 0 aromatic heterocycles. The molecule has 0 aliphatic rings. The summed E-state index contributed by atoms with van der Waals surface area (Å²) in [5.74, 6) is -2.31. The number of carboxylic acid groups (broad SMARTS) is 2. The van der Waals surface area contributed by atoms with Crippen molar-refractivity contribution < 1.29 is 28.2 Å². The summed E-state index contributed by atoms with van der Waals surface area (Å²) >= 11 is 0. The quantitative estimate of drug-likeness (QED) is 0.638. The molecular formula is C14H26O6S. The summed E-state index contributed by atoms with van der Waals surface area (Å²) in [5, 5.41) is 15.8. The number of aliphatic carboxylic acids is 2. The lowest BCUT2D eigenvalue weighted by atomic mass is 10.1.